The van der Waals surface area contributed by atoms with Gasteiger partial charge < -0.3 is 20.1 Å². The summed E-state index contributed by atoms with van der Waals surface area (Å²) in [6.45, 7) is 6.27. The normalized spacial score (nSPS) is 20.0. The van der Waals surface area contributed by atoms with Crippen LogP contribution in [0.1, 0.15) is 52.0 Å². The molecular weight excluding hydrogens is 330 g/mol. The minimum atomic E-state index is -0.345. The van der Waals surface area contributed by atoms with E-state index < -0.39 is 0 Å². The molecule has 1 aromatic rings. The second kappa shape index (κ2) is 8.79. The van der Waals surface area contributed by atoms with Gasteiger partial charge in [0, 0.05) is 23.3 Å². The Balaban J connectivity index is 1.77. The van der Waals surface area contributed by atoms with Crippen molar-refractivity contribution in [2.75, 3.05) is 19.0 Å². The Kier molecular flexibility index (Phi) is 6.73. The second-order valence-electron chi connectivity index (χ2n) is 7.86. The molecule has 0 unspecified atom stereocenters. The third-order valence-electron chi connectivity index (χ3n) is 4.47. The van der Waals surface area contributed by atoms with Crippen LogP contribution in [0.15, 0.2) is 18.2 Å². The van der Waals surface area contributed by atoms with Crippen molar-refractivity contribution < 1.29 is 14.3 Å². The smallest absolute Gasteiger partial charge is 0.407 e. The van der Waals surface area contributed by atoms with E-state index in [1.807, 2.05) is 32.9 Å². The number of nitrogens with zero attached hydrogens (tertiary/aromatic N) is 1. The zero-order valence-corrected chi connectivity index (χ0v) is 16.1. The number of anilines is 1. The largest absolute Gasteiger partial charge is 0.495 e. The van der Waals surface area contributed by atoms with Gasteiger partial charge in [0.25, 0.3) is 0 Å². The fourth-order valence-electron chi connectivity index (χ4n) is 3.12. The highest BCUT2D eigenvalue weighted by molar-refractivity contribution is 5.68. The number of nitriles is 1. The van der Waals surface area contributed by atoms with Gasteiger partial charge in [-0.15, -0.1) is 0 Å². The Morgan fingerprint density at radius 1 is 1.27 bits per heavy atom. The third kappa shape index (κ3) is 6.14. The van der Waals surface area contributed by atoms with Gasteiger partial charge in [0.2, 0.25) is 0 Å². The van der Waals surface area contributed by atoms with Crippen molar-refractivity contribution in [3.05, 3.63) is 23.8 Å². The average Bonchev–Trinajstić information content (AvgIpc) is 2.59. The molecule has 6 nitrogen and oxygen atoms in total. The first kappa shape index (κ1) is 19.9. The molecule has 0 spiro atoms. The number of nitrogens with one attached hydrogen (secondary N) is 2. The van der Waals surface area contributed by atoms with E-state index in [1.54, 1.807) is 13.2 Å². The van der Waals surface area contributed by atoms with Crippen LogP contribution >= 0.6 is 0 Å². The summed E-state index contributed by atoms with van der Waals surface area (Å²) in [5, 5.41) is 15.4. The molecule has 0 saturated heterocycles. The van der Waals surface area contributed by atoms with Gasteiger partial charge in [-0.1, -0.05) is 0 Å². The number of hydrogen-bond donors (Lipinski definition) is 2. The molecule has 1 aliphatic rings. The lowest BCUT2D eigenvalue weighted by Crippen LogP contribution is -2.41. The van der Waals surface area contributed by atoms with Gasteiger partial charge in [-0.3, -0.25) is 0 Å². The van der Waals surface area contributed by atoms with E-state index in [9.17, 15) is 4.79 Å². The van der Waals surface area contributed by atoms with Gasteiger partial charge in [-0.2, -0.15) is 5.26 Å². The molecule has 6 heteroatoms. The maximum Gasteiger partial charge on any atom is 0.407 e. The topological polar surface area (TPSA) is 83.4 Å². The Labute approximate surface area is 155 Å². The van der Waals surface area contributed by atoms with Crippen molar-refractivity contribution in [1.82, 2.24) is 5.32 Å². The predicted molar refractivity (Wildman–Crippen MR) is 101 cm³/mol. The molecule has 0 atom stereocenters. The van der Waals surface area contributed by atoms with Crippen molar-refractivity contribution in [2.45, 2.75) is 58.0 Å². The molecule has 0 heterocycles. The monoisotopic (exact) mass is 359 g/mol. The molecule has 26 heavy (non-hydrogen) atoms. The lowest BCUT2D eigenvalue weighted by atomic mass is 9.86. The van der Waals surface area contributed by atoms with E-state index in [0.717, 1.165) is 31.4 Å². The van der Waals surface area contributed by atoms with E-state index in [4.69, 9.17) is 14.7 Å². The van der Waals surface area contributed by atoms with E-state index in [2.05, 4.69) is 16.7 Å². The van der Waals surface area contributed by atoms with Crippen LogP contribution in [-0.4, -0.2) is 31.4 Å². The molecule has 0 bridgehead atoms. The zero-order chi connectivity index (χ0) is 19.2. The Morgan fingerprint density at radius 2 is 1.96 bits per heavy atom. The van der Waals surface area contributed by atoms with Crippen LogP contribution in [0, 0.1) is 17.2 Å². The van der Waals surface area contributed by atoms with Crippen molar-refractivity contribution in [3.8, 4) is 11.8 Å². The molecule has 2 N–H and O–H groups in total. The maximum atomic E-state index is 11.7. The SMILES string of the molecule is COc1cc(NC2CCC(COC(=O)NC(C)(C)C)CC2)ccc1C#N. The Hall–Kier alpha value is -2.42. The number of carbonyl (C=O) groups excluding carboxylic acids is 1. The molecule has 1 fully saturated rings. The molecule has 1 amide bonds. The van der Waals surface area contributed by atoms with Gasteiger partial charge in [0.05, 0.1) is 19.3 Å². The van der Waals surface area contributed by atoms with E-state index in [-0.39, 0.29) is 11.6 Å². The summed E-state index contributed by atoms with van der Waals surface area (Å²) < 4.78 is 10.6. The number of rotatable bonds is 5. The lowest BCUT2D eigenvalue weighted by Gasteiger charge is -2.30. The fraction of sp³-hybridized carbons (Fsp3) is 0.600. The quantitative estimate of drug-likeness (QED) is 0.828. The van der Waals surface area contributed by atoms with Crippen molar-refractivity contribution >= 4 is 11.8 Å². The van der Waals surface area contributed by atoms with Crippen LogP contribution in [0.4, 0.5) is 10.5 Å². The van der Waals surface area contributed by atoms with Crippen molar-refractivity contribution in [2.24, 2.45) is 5.92 Å². The molecule has 0 aliphatic heterocycles. The lowest BCUT2D eigenvalue weighted by molar-refractivity contribution is 0.108. The standard InChI is InChI=1S/C20H29N3O3/c1-20(2,3)23-19(24)26-13-14-5-8-16(9-6-14)22-17-10-7-15(12-21)18(11-17)25-4/h7,10-11,14,16,22H,5-6,8-9,13H2,1-4H3,(H,23,24). The summed E-state index contributed by atoms with van der Waals surface area (Å²) in [5.74, 6) is 0.999. The van der Waals surface area contributed by atoms with Crippen LogP contribution in [0.2, 0.25) is 0 Å². The minimum absolute atomic E-state index is 0.277. The number of benzene rings is 1. The van der Waals surface area contributed by atoms with Crippen LogP contribution in [0.5, 0.6) is 5.75 Å². The van der Waals surface area contributed by atoms with E-state index >= 15 is 0 Å². The summed E-state index contributed by atoms with van der Waals surface area (Å²) in [4.78, 5) is 11.7. The van der Waals surface area contributed by atoms with Crippen LogP contribution in [-0.2, 0) is 4.74 Å². The second-order valence-corrected chi connectivity index (χ2v) is 7.86. The average molecular weight is 359 g/mol. The number of hydrogen-bond acceptors (Lipinski definition) is 5. The van der Waals surface area contributed by atoms with Gasteiger partial charge in [0.15, 0.2) is 0 Å². The maximum absolute atomic E-state index is 11.7. The van der Waals surface area contributed by atoms with E-state index in [1.165, 1.54) is 0 Å². The van der Waals surface area contributed by atoms with Crippen LogP contribution in [0.25, 0.3) is 0 Å². The highest BCUT2D eigenvalue weighted by Gasteiger charge is 2.23. The fourth-order valence-corrected chi connectivity index (χ4v) is 3.12. The molecular formula is C20H29N3O3. The van der Waals surface area contributed by atoms with Gasteiger partial charge in [-0.05, 0) is 64.5 Å². The summed E-state index contributed by atoms with van der Waals surface area (Å²) in [5.41, 5.74) is 1.22. The first-order valence-corrected chi connectivity index (χ1v) is 9.10. The van der Waals surface area contributed by atoms with Crippen molar-refractivity contribution in [3.63, 3.8) is 0 Å². The number of carbonyl (C=O) groups is 1. The highest BCUT2D eigenvalue weighted by atomic mass is 16.5. The molecule has 2 rings (SSSR count). The number of alkyl carbamates (subject to hydrolysis) is 1. The highest BCUT2D eigenvalue weighted by Crippen LogP contribution is 2.29. The first-order chi connectivity index (χ1) is 12.3. The first-order valence-electron chi connectivity index (χ1n) is 9.10. The van der Waals surface area contributed by atoms with Gasteiger partial charge >= 0.3 is 6.09 Å². The molecule has 1 saturated carbocycles. The summed E-state index contributed by atoms with van der Waals surface area (Å²) >= 11 is 0. The van der Waals surface area contributed by atoms with Crippen LogP contribution < -0.4 is 15.4 Å². The molecule has 0 aromatic heterocycles. The Morgan fingerprint density at radius 3 is 2.54 bits per heavy atom. The summed E-state index contributed by atoms with van der Waals surface area (Å²) in [6, 6.07) is 8.05. The minimum Gasteiger partial charge on any atom is -0.495 e. The number of methoxy groups -OCH3 is 1. The molecule has 1 aromatic carbocycles. The number of ether oxygens (including phenoxy) is 2. The van der Waals surface area contributed by atoms with Gasteiger partial charge in [-0.25, -0.2) is 4.79 Å². The molecule has 1 aliphatic carbocycles. The summed E-state index contributed by atoms with van der Waals surface area (Å²) in [6.07, 6.45) is 3.75. The van der Waals surface area contributed by atoms with Crippen molar-refractivity contribution in [1.29, 1.82) is 5.26 Å². The zero-order valence-electron chi connectivity index (χ0n) is 16.1. The van der Waals surface area contributed by atoms with Gasteiger partial charge in [0.1, 0.15) is 11.8 Å². The van der Waals surface area contributed by atoms with Crippen LogP contribution in [0.3, 0.4) is 0 Å². The molecule has 142 valence electrons. The number of amides is 1. The summed E-state index contributed by atoms with van der Waals surface area (Å²) in [7, 11) is 1.57. The Bertz CT molecular complexity index is 653. The predicted octanol–water partition coefficient (Wildman–Crippen LogP) is 4.06. The van der Waals surface area contributed by atoms with E-state index in [0.29, 0.717) is 29.9 Å². The molecule has 0 radical (unpaired) electrons. The third-order valence-corrected chi connectivity index (χ3v) is 4.47.